The molecule has 0 fully saturated rings. The van der Waals surface area contributed by atoms with Gasteiger partial charge in [0.15, 0.2) is 0 Å². The molecule has 1 aromatic carbocycles. The van der Waals surface area contributed by atoms with E-state index in [-0.39, 0.29) is 4.99 Å². The number of thiocarbonyl (C=S) groups is 1. The van der Waals surface area contributed by atoms with Crippen molar-refractivity contribution in [1.82, 2.24) is 4.31 Å². The molecule has 0 aliphatic carbocycles. The summed E-state index contributed by atoms with van der Waals surface area (Å²) in [6.45, 7) is 2.61. The lowest BCUT2D eigenvalue weighted by Crippen LogP contribution is -2.42. The minimum Gasteiger partial charge on any atom is -0.392 e. The number of benzene rings is 1. The third-order valence-corrected chi connectivity index (χ3v) is 5.94. The Labute approximate surface area is 113 Å². The van der Waals surface area contributed by atoms with E-state index in [0.717, 1.165) is 11.1 Å². The summed E-state index contributed by atoms with van der Waals surface area (Å²) in [5, 5.41) is -0.762. The largest absolute Gasteiger partial charge is 0.392 e. The molecule has 6 heteroatoms. The van der Waals surface area contributed by atoms with Crippen LogP contribution in [0.25, 0.3) is 0 Å². The molecule has 0 saturated carbocycles. The molecule has 1 aromatic rings. The fourth-order valence-corrected chi connectivity index (χ4v) is 4.46. The van der Waals surface area contributed by atoms with Crippen LogP contribution >= 0.6 is 12.2 Å². The molecule has 1 aliphatic heterocycles. The lowest BCUT2D eigenvalue weighted by atomic mass is 10.1. The molecule has 0 aromatic heterocycles. The Balaban J connectivity index is 2.28. The van der Waals surface area contributed by atoms with Gasteiger partial charge in [-0.2, -0.15) is 4.31 Å². The zero-order chi connectivity index (χ0) is 13.3. The van der Waals surface area contributed by atoms with E-state index in [2.05, 4.69) is 0 Å². The van der Waals surface area contributed by atoms with Crippen molar-refractivity contribution in [3.05, 3.63) is 35.4 Å². The molecule has 0 saturated heterocycles. The number of nitrogens with two attached hydrogens (primary N) is 1. The Hall–Kier alpha value is -0.980. The Morgan fingerprint density at radius 2 is 1.89 bits per heavy atom. The molecule has 98 valence electrons. The van der Waals surface area contributed by atoms with Crippen LogP contribution in [-0.4, -0.2) is 23.0 Å². The predicted molar refractivity (Wildman–Crippen MR) is 75.5 cm³/mol. The van der Waals surface area contributed by atoms with E-state index in [1.54, 1.807) is 6.92 Å². The number of fused-ring (bicyclic) bond motifs is 1. The molecule has 0 amide bonds. The molecule has 1 atom stereocenters. The third-order valence-electron chi connectivity index (χ3n) is 3.22. The molecular formula is C12H16N2O2S2. The Kier molecular flexibility index (Phi) is 3.70. The Morgan fingerprint density at radius 1 is 1.39 bits per heavy atom. The first-order valence-electron chi connectivity index (χ1n) is 5.82. The maximum atomic E-state index is 12.4. The van der Waals surface area contributed by atoms with Crippen LogP contribution in [0.3, 0.4) is 0 Å². The van der Waals surface area contributed by atoms with Crippen LogP contribution in [0.5, 0.6) is 0 Å². The molecule has 1 aliphatic rings. The highest BCUT2D eigenvalue weighted by Gasteiger charge is 2.36. The van der Waals surface area contributed by atoms with E-state index in [0.29, 0.717) is 19.5 Å². The second-order valence-corrected chi connectivity index (χ2v) is 6.97. The molecule has 2 N–H and O–H groups in total. The summed E-state index contributed by atoms with van der Waals surface area (Å²) >= 11 is 4.86. The molecule has 0 radical (unpaired) electrons. The Morgan fingerprint density at radius 3 is 2.28 bits per heavy atom. The van der Waals surface area contributed by atoms with Crippen molar-refractivity contribution >= 4 is 27.2 Å². The van der Waals surface area contributed by atoms with Crippen molar-refractivity contribution in [3.63, 3.8) is 0 Å². The summed E-state index contributed by atoms with van der Waals surface area (Å²) in [4.78, 5) is 0.0495. The zero-order valence-corrected chi connectivity index (χ0v) is 11.8. The SMILES string of the molecule is CCC(C(N)=S)S(=O)(=O)N1Cc2ccccc2C1. The molecule has 0 spiro atoms. The average molecular weight is 284 g/mol. The Bertz CT molecular complexity index is 544. The highest BCUT2D eigenvalue weighted by Crippen LogP contribution is 2.27. The second-order valence-electron chi connectivity index (χ2n) is 4.38. The molecule has 2 rings (SSSR count). The van der Waals surface area contributed by atoms with Crippen LogP contribution in [0.4, 0.5) is 0 Å². The van der Waals surface area contributed by atoms with Gasteiger partial charge in [-0.1, -0.05) is 43.4 Å². The van der Waals surface area contributed by atoms with Gasteiger partial charge in [0, 0.05) is 13.1 Å². The second kappa shape index (κ2) is 4.95. The first-order valence-corrected chi connectivity index (χ1v) is 7.73. The quantitative estimate of drug-likeness (QED) is 0.849. The molecule has 0 bridgehead atoms. The van der Waals surface area contributed by atoms with Gasteiger partial charge in [0.25, 0.3) is 0 Å². The highest BCUT2D eigenvalue weighted by atomic mass is 32.2. The van der Waals surface area contributed by atoms with Crippen molar-refractivity contribution in [2.75, 3.05) is 0 Å². The molecule has 1 unspecified atom stereocenters. The average Bonchev–Trinajstić information content (AvgIpc) is 2.73. The topological polar surface area (TPSA) is 63.4 Å². The number of sulfonamides is 1. The maximum Gasteiger partial charge on any atom is 0.224 e. The number of nitrogens with zero attached hydrogens (tertiary/aromatic N) is 1. The van der Waals surface area contributed by atoms with Gasteiger partial charge in [-0.25, -0.2) is 8.42 Å². The predicted octanol–water partition coefficient (Wildman–Crippen LogP) is 1.40. The van der Waals surface area contributed by atoms with Crippen LogP contribution < -0.4 is 5.73 Å². The van der Waals surface area contributed by atoms with Gasteiger partial charge < -0.3 is 5.73 Å². The van der Waals surface area contributed by atoms with E-state index in [4.69, 9.17) is 18.0 Å². The monoisotopic (exact) mass is 284 g/mol. The lowest BCUT2D eigenvalue weighted by molar-refractivity contribution is 0.427. The summed E-state index contributed by atoms with van der Waals surface area (Å²) in [7, 11) is -3.45. The minimum atomic E-state index is -3.45. The molecule has 4 nitrogen and oxygen atoms in total. The van der Waals surface area contributed by atoms with E-state index in [1.165, 1.54) is 4.31 Å². The van der Waals surface area contributed by atoms with Crippen molar-refractivity contribution in [1.29, 1.82) is 0 Å². The van der Waals surface area contributed by atoms with Gasteiger partial charge in [0.1, 0.15) is 5.25 Å². The van der Waals surface area contributed by atoms with Gasteiger partial charge in [-0.15, -0.1) is 0 Å². The van der Waals surface area contributed by atoms with Crippen LogP contribution in [-0.2, 0) is 23.1 Å². The van der Waals surface area contributed by atoms with Gasteiger partial charge in [-0.05, 0) is 17.5 Å². The lowest BCUT2D eigenvalue weighted by Gasteiger charge is -2.22. The summed E-state index contributed by atoms with van der Waals surface area (Å²) in [6, 6.07) is 7.73. The molecule has 18 heavy (non-hydrogen) atoms. The summed E-state index contributed by atoms with van der Waals surface area (Å²) in [5.41, 5.74) is 7.64. The number of rotatable bonds is 4. The summed E-state index contributed by atoms with van der Waals surface area (Å²) in [6.07, 6.45) is 0.407. The van der Waals surface area contributed by atoms with Crippen molar-refractivity contribution in [3.8, 4) is 0 Å². The van der Waals surface area contributed by atoms with Crippen molar-refractivity contribution in [2.45, 2.75) is 31.7 Å². The zero-order valence-electron chi connectivity index (χ0n) is 10.2. The molecular weight excluding hydrogens is 268 g/mol. The van der Waals surface area contributed by atoms with E-state index in [1.807, 2.05) is 24.3 Å². The minimum absolute atomic E-state index is 0.0495. The van der Waals surface area contributed by atoms with Crippen LogP contribution in [0.15, 0.2) is 24.3 Å². The number of hydrogen-bond acceptors (Lipinski definition) is 3. The third kappa shape index (κ3) is 2.28. The van der Waals surface area contributed by atoms with Crippen molar-refractivity contribution in [2.24, 2.45) is 5.73 Å². The van der Waals surface area contributed by atoms with E-state index in [9.17, 15) is 8.42 Å². The van der Waals surface area contributed by atoms with E-state index >= 15 is 0 Å². The van der Waals surface area contributed by atoms with Gasteiger partial charge in [0.2, 0.25) is 10.0 Å². The fourth-order valence-electron chi connectivity index (χ4n) is 2.22. The van der Waals surface area contributed by atoms with Crippen LogP contribution in [0.2, 0.25) is 0 Å². The highest BCUT2D eigenvalue weighted by molar-refractivity contribution is 7.92. The van der Waals surface area contributed by atoms with E-state index < -0.39 is 15.3 Å². The van der Waals surface area contributed by atoms with Crippen LogP contribution in [0, 0.1) is 0 Å². The van der Waals surface area contributed by atoms with Gasteiger partial charge in [0.05, 0.1) is 4.99 Å². The van der Waals surface area contributed by atoms with Gasteiger partial charge in [-0.3, -0.25) is 0 Å². The van der Waals surface area contributed by atoms with Crippen molar-refractivity contribution < 1.29 is 8.42 Å². The first kappa shape index (κ1) is 13.5. The standard InChI is InChI=1S/C12H16N2O2S2/c1-2-11(12(13)17)18(15,16)14-7-9-5-3-4-6-10(9)8-14/h3-6,11H,2,7-8H2,1H3,(H2,13,17). The smallest absolute Gasteiger partial charge is 0.224 e. The first-order chi connectivity index (χ1) is 8.46. The molecule has 1 heterocycles. The fraction of sp³-hybridized carbons (Fsp3) is 0.417. The normalized spacial score (nSPS) is 17.4. The summed E-state index contributed by atoms with van der Waals surface area (Å²) in [5.74, 6) is 0. The number of hydrogen-bond donors (Lipinski definition) is 1. The summed E-state index contributed by atoms with van der Waals surface area (Å²) < 4.78 is 26.3. The van der Waals surface area contributed by atoms with Gasteiger partial charge >= 0.3 is 0 Å². The van der Waals surface area contributed by atoms with Crippen LogP contribution in [0.1, 0.15) is 24.5 Å². The maximum absolute atomic E-state index is 12.4.